The van der Waals surface area contributed by atoms with Gasteiger partial charge in [-0.2, -0.15) is 0 Å². The Balaban J connectivity index is 1.38. The first kappa shape index (κ1) is 22.7. The molecule has 0 aliphatic carbocycles. The van der Waals surface area contributed by atoms with Crippen molar-refractivity contribution in [2.75, 3.05) is 26.3 Å². The minimum absolute atomic E-state index is 0.0138. The van der Waals surface area contributed by atoms with E-state index < -0.39 is 0 Å². The van der Waals surface area contributed by atoms with E-state index in [0.717, 1.165) is 24.3 Å². The van der Waals surface area contributed by atoms with Crippen molar-refractivity contribution in [2.45, 2.75) is 46.1 Å². The lowest BCUT2D eigenvalue weighted by molar-refractivity contribution is -0.122. The second-order valence-electron chi connectivity index (χ2n) is 7.94. The molecule has 0 bridgehead atoms. The number of piperidine rings is 1. The van der Waals surface area contributed by atoms with Gasteiger partial charge in [-0.15, -0.1) is 0 Å². The number of benzene rings is 2. The van der Waals surface area contributed by atoms with Crippen molar-refractivity contribution in [2.24, 2.45) is 0 Å². The minimum Gasteiger partial charge on any atom is -0.494 e. The van der Waals surface area contributed by atoms with Crippen LogP contribution in [0.3, 0.4) is 0 Å². The van der Waals surface area contributed by atoms with Crippen LogP contribution >= 0.6 is 0 Å². The van der Waals surface area contributed by atoms with E-state index in [4.69, 9.17) is 9.47 Å². The van der Waals surface area contributed by atoms with E-state index in [-0.39, 0.29) is 17.9 Å². The fraction of sp³-hybridized carbons (Fsp3) is 0.440. The number of nitrogens with one attached hydrogen (secondary N) is 1. The third kappa shape index (κ3) is 6.48. The highest BCUT2D eigenvalue weighted by Crippen LogP contribution is 2.18. The van der Waals surface area contributed by atoms with Gasteiger partial charge < -0.3 is 19.7 Å². The Morgan fingerprint density at radius 2 is 1.65 bits per heavy atom. The Labute approximate surface area is 184 Å². The van der Waals surface area contributed by atoms with Crippen LogP contribution in [-0.4, -0.2) is 49.1 Å². The van der Waals surface area contributed by atoms with Crippen LogP contribution in [0, 0.1) is 13.8 Å². The number of ether oxygens (including phenoxy) is 2. The summed E-state index contributed by atoms with van der Waals surface area (Å²) in [5, 5.41) is 3.07. The second kappa shape index (κ2) is 10.8. The zero-order valence-corrected chi connectivity index (χ0v) is 18.6. The van der Waals surface area contributed by atoms with Crippen molar-refractivity contribution in [1.82, 2.24) is 10.2 Å². The quantitative estimate of drug-likeness (QED) is 0.698. The van der Waals surface area contributed by atoms with Crippen molar-refractivity contribution in [3.8, 4) is 11.5 Å². The first-order valence-electron chi connectivity index (χ1n) is 11.0. The van der Waals surface area contributed by atoms with Gasteiger partial charge in [0.05, 0.1) is 19.6 Å². The molecule has 0 unspecified atom stereocenters. The molecule has 2 amide bonds. The lowest BCUT2D eigenvalue weighted by Gasteiger charge is -2.32. The maximum absolute atomic E-state index is 12.7. The number of nitrogens with zero attached hydrogens (tertiary/aromatic N) is 1. The van der Waals surface area contributed by atoms with Gasteiger partial charge in [-0.3, -0.25) is 9.59 Å². The standard InChI is InChI=1S/C25H32N2O4/c1-4-30-22-9-6-20(7-10-22)25(29)27-14-11-21(12-15-27)26-24(28)13-16-31-23-8-5-18(2)19(3)17-23/h5-10,17,21H,4,11-16H2,1-3H3,(H,26,28). The molecule has 31 heavy (non-hydrogen) atoms. The van der Waals surface area contributed by atoms with Gasteiger partial charge in [0.1, 0.15) is 11.5 Å². The molecule has 1 aliphatic heterocycles. The summed E-state index contributed by atoms with van der Waals surface area (Å²) in [4.78, 5) is 26.8. The predicted molar refractivity (Wildman–Crippen MR) is 121 cm³/mol. The van der Waals surface area contributed by atoms with Crippen LogP contribution < -0.4 is 14.8 Å². The molecule has 0 saturated carbocycles. The van der Waals surface area contributed by atoms with Crippen molar-refractivity contribution in [1.29, 1.82) is 0 Å². The zero-order chi connectivity index (χ0) is 22.2. The maximum Gasteiger partial charge on any atom is 0.253 e. The van der Waals surface area contributed by atoms with Gasteiger partial charge in [-0.1, -0.05) is 6.07 Å². The lowest BCUT2D eigenvalue weighted by atomic mass is 10.0. The number of aryl methyl sites for hydroxylation is 2. The van der Waals surface area contributed by atoms with E-state index in [2.05, 4.69) is 12.2 Å². The van der Waals surface area contributed by atoms with E-state index >= 15 is 0 Å². The third-order valence-corrected chi connectivity index (χ3v) is 5.64. The molecule has 0 atom stereocenters. The molecule has 2 aromatic carbocycles. The first-order chi connectivity index (χ1) is 15.0. The fourth-order valence-electron chi connectivity index (χ4n) is 3.64. The van der Waals surface area contributed by atoms with Crippen LogP contribution in [-0.2, 0) is 4.79 Å². The molecule has 2 aromatic rings. The largest absolute Gasteiger partial charge is 0.494 e. The van der Waals surface area contributed by atoms with Crippen molar-refractivity contribution in [3.05, 3.63) is 59.2 Å². The molecule has 1 heterocycles. The van der Waals surface area contributed by atoms with E-state index in [0.29, 0.717) is 38.3 Å². The molecule has 1 saturated heterocycles. The number of hydrogen-bond acceptors (Lipinski definition) is 4. The second-order valence-corrected chi connectivity index (χ2v) is 7.94. The summed E-state index contributed by atoms with van der Waals surface area (Å²) in [5.74, 6) is 1.56. The molecule has 1 aliphatic rings. The number of carbonyl (C=O) groups is 2. The Bertz CT molecular complexity index is 887. The topological polar surface area (TPSA) is 67.9 Å². The third-order valence-electron chi connectivity index (χ3n) is 5.64. The maximum atomic E-state index is 12.7. The molecule has 0 aromatic heterocycles. The summed E-state index contributed by atoms with van der Waals surface area (Å²) in [5.41, 5.74) is 3.06. The summed E-state index contributed by atoms with van der Waals surface area (Å²) < 4.78 is 11.1. The molecule has 1 N–H and O–H groups in total. The Morgan fingerprint density at radius 3 is 2.29 bits per heavy atom. The zero-order valence-electron chi connectivity index (χ0n) is 18.6. The molecule has 6 heteroatoms. The van der Waals surface area contributed by atoms with Gasteiger partial charge in [0.15, 0.2) is 0 Å². The molecular weight excluding hydrogens is 392 g/mol. The predicted octanol–water partition coefficient (Wildman–Crippen LogP) is 3.89. The van der Waals surface area contributed by atoms with Crippen molar-refractivity contribution in [3.63, 3.8) is 0 Å². The molecule has 6 nitrogen and oxygen atoms in total. The van der Waals surface area contributed by atoms with E-state index in [1.165, 1.54) is 11.1 Å². The summed E-state index contributed by atoms with van der Waals surface area (Å²) >= 11 is 0. The normalized spacial score (nSPS) is 14.2. The molecular formula is C25H32N2O4. The summed E-state index contributed by atoms with van der Waals surface area (Å²) in [6.45, 7) is 8.26. The smallest absolute Gasteiger partial charge is 0.253 e. The van der Waals surface area contributed by atoms with Crippen LogP contribution in [0.25, 0.3) is 0 Å². The van der Waals surface area contributed by atoms with Crippen molar-refractivity contribution >= 4 is 11.8 Å². The Morgan fingerprint density at radius 1 is 0.968 bits per heavy atom. The highest BCUT2D eigenvalue weighted by Gasteiger charge is 2.24. The van der Waals surface area contributed by atoms with Crippen LogP contribution in [0.1, 0.15) is 47.7 Å². The highest BCUT2D eigenvalue weighted by atomic mass is 16.5. The van der Waals surface area contributed by atoms with E-state index in [1.54, 1.807) is 12.1 Å². The summed E-state index contributed by atoms with van der Waals surface area (Å²) in [7, 11) is 0. The average molecular weight is 425 g/mol. The summed E-state index contributed by atoms with van der Waals surface area (Å²) in [6.07, 6.45) is 1.83. The number of hydrogen-bond donors (Lipinski definition) is 1. The van der Waals surface area contributed by atoms with Gasteiger partial charge in [-0.25, -0.2) is 0 Å². The van der Waals surface area contributed by atoms with Gasteiger partial charge in [-0.05, 0) is 81.1 Å². The van der Waals surface area contributed by atoms with Crippen LogP contribution in [0.2, 0.25) is 0 Å². The first-order valence-corrected chi connectivity index (χ1v) is 11.0. The van der Waals surface area contributed by atoms with Gasteiger partial charge in [0.2, 0.25) is 5.91 Å². The van der Waals surface area contributed by atoms with E-state index in [9.17, 15) is 9.59 Å². The molecule has 3 rings (SSSR count). The molecule has 166 valence electrons. The van der Waals surface area contributed by atoms with Crippen LogP contribution in [0.5, 0.6) is 11.5 Å². The minimum atomic E-state index is -0.0138. The Kier molecular flexibility index (Phi) is 7.93. The SMILES string of the molecule is CCOc1ccc(C(=O)N2CCC(NC(=O)CCOc3ccc(C)c(C)c3)CC2)cc1. The monoisotopic (exact) mass is 424 g/mol. The molecule has 0 radical (unpaired) electrons. The highest BCUT2D eigenvalue weighted by molar-refractivity contribution is 5.94. The van der Waals surface area contributed by atoms with Crippen LogP contribution in [0.4, 0.5) is 0 Å². The number of rotatable bonds is 8. The summed E-state index contributed by atoms with van der Waals surface area (Å²) in [6, 6.07) is 13.3. The van der Waals surface area contributed by atoms with E-state index in [1.807, 2.05) is 49.1 Å². The lowest BCUT2D eigenvalue weighted by Crippen LogP contribution is -2.46. The van der Waals surface area contributed by atoms with Crippen LogP contribution in [0.15, 0.2) is 42.5 Å². The number of amides is 2. The molecule has 0 spiro atoms. The molecule has 1 fully saturated rings. The average Bonchev–Trinajstić information content (AvgIpc) is 2.77. The fourth-order valence-corrected chi connectivity index (χ4v) is 3.64. The van der Waals surface area contributed by atoms with Gasteiger partial charge in [0, 0.05) is 24.7 Å². The number of carbonyl (C=O) groups excluding carboxylic acids is 2. The Hall–Kier alpha value is -3.02. The van der Waals surface area contributed by atoms with Gasteiger partial charge in [0.25, 0.3) is 5.91 Å². The van der Waals surface area contributed by atoms with Gasteiger partial charge >= 0.3 is 0 Å². The van der Waals surface area contributed by atoms with Crippen molar-refractivity contribution < 1.29 is 19.1 Å². The number of likely N-dealkylation sites (tertiary alicyclic amines) is 1.